The lowest BCUT2D eigenvalue weighted by molar-refractivity contribution is 0.146. The topological polar surface area (TPSA) is 80.0 Å². The smallest absolute Gasteiger partial charge is 0.180 e. The molecule has 1 saturated heterocycles. The number of hydrogen-bond acceptors (Lipinski definition) is 9. The van der Waals surface area contributed by atoms with Crippen LogP contribution in [0.3, 0.4) is 0 Å². The number of nitrogens with zero attached hydrogens (tertiary/aromatic N) is 5. The molecule has 9 heteroatoms. The molecule has 3 heterocycles. The van der Waals surface area contributed by atoms with Crippen LogP contribution < -0.4 is 20.1 Å². The molecule has 1 fully saturated rings. The normalized spacial score (nSPS) is 17.5. The summed E-state index contributed by atoms with van der Waals surface area (Å²) in [6.45, 7) is 10.3. The molecule has 2 N–H and O–H groups in total. The van der Waals surface area contributed by atoms with E-state index in [-0.39, 0.29) is 0 Å². The minimum Gasteiger partial charge on any atom is -0.497 e. The fourth-order valence-electron chi connectivity index (χ4n) is 6.35. The number of piperazine rings is 1. The van der Waals surface area contributed by atoms with Crippen LogP contribution >= 0.6 is 11.3 Å². The molecule has 2 aromatic heterocycles. The third kappa shape index (κ3) is 6.48. The molecule has 222 valence electrons. The van der Waals surface area contributed by atoms with Gasteiger partial charge in [0.1, 0.15) is 23.6 Å². The summed E-state index contributed by atoms with van der Waals surface area (Å²) in [7, 11) is 1.68. The van der Waals surface area contributed by atoms with Gasteiger partial charge >= 0.3 is 0 Å². The standard InChI is InChI=1S/C33H42N6O2S/c1-3-15-38(25-9-12-28-31(22-25)42-33(34)36-28)19-16-37-17-20-39(21-18-37)29-13-14-35-32-27(29)5-4-6-30(32)41-23-24-7-10-26(40-2)11-8-24/h4-8,10-11,13-14,25H,3,9,12,15-23H2,1-2H3,(H2,34,36). The number of fused-ring (bicyclic) bond motifs is 2. The van der Waals surface area contributed by atoms with Crippen molar-refractivity contribution < 1.29 is 9.47 Å². The molecule has 42 heavy (non-hydrogen) atoms. The predicted molar refractivity (Wildman–Crippen MR) is 172 cm³/mol. The highest BCUT2D eigenvalue weighted by Crippen LogP contribution is 2.33. The molecule has 4 aromatic rings. The summed E-state index contributed by atoms with van der Waals surface area (Å²) >= 11 is 1.69. The maximum Gasteiger partial charge on any atom is 0.180 e. The van der Waals surface area contributed by atoms with Gasteiger partial charge in [-0.15, -0.1) is 11.3 Å². The lowest BCUT2D eigenvalue weighted by atomic mass is 9.96. The summed E-state index contributed by atoms with van der Waals surface area (Å²) in [5.74, 6) is 1.66. The van der Waals surface area contributed by atoms with Crippen molar-refractivity contribution in [3.8, 4) is 11.5 Å². The first-order valence-corrected chi connectivity index (χ1v) is 16.0. The Balaban J connectivity index is 1.05. The number of methoxy groups -OCH3 is 1. The Labute approximate surface area is 253 Å². The van der Waals surface area contributed by atoms with Gasteiger partial charge in [0.15, 0.2) is 5.13 Å². The highest BCUT2D eigenvalue weighted by atomic mass is 32.1. The van der Waals surface area contributed by atoms with Crippen molar-refractivity contribution >= 4 is 33.1 Å². The molecule has 0 amide bonds. The first-order valence-electron chi connectivity index (χ1n) is 15.2. The zero-order valence-electron chi connectivity index (χ0n) is 24.8. The van der Waals surface area contributed by atoms with E-state index in [9.17, 15) is 0 Å². The molecular weight excluding hydrogens is 544 g/mol. The second kappa shape index (κ2) is 13.3. The molecule has 1 unspecified atom stereocenters. The Morgan fingerprint density at radius 2 is 1.88 bits per heavy atom. The Hall–Kier alpha value is -3.40. The van der Waals surface area contributed by atoms with Gasteiger partial charge < -0.3 is 20.1 Å². The molecule has 0 saturated carbocycles. The van der Waals surface area contributed by atoms with E-state index in [0.717, 1.165) is 91.8 Å². The van der Waals surface area contributed by atoms with Gasteiger partial charge in [-0.05, 0) is 62.1 Å². The Morgan fingerprint density at radius 1 is 1.05 bits per heavy atom. The third-order valence-electron chi connectivity index (χ3n) is 8.64. The van der Waals surface area contributed by atoms with Crippen LogP contribution in [-0.2, 0) is 19.4 Å². The molecule has 6 rings (SSSR count). The number of para-hydroxylation sites is 1. The highest BCUT2D eigenvalue weighted by Gasteiger charge is 2.27. The van der Waals surface area contributed by atoms with Gasteiger partial charge in [-0.2, -0.15) is 0 Å². The highest BCUT2D eigenvalue weighted by molar-refractivity contribution is 7.15. The lowest BCUT2D eigenvalue weighted by Gasteiger charge is -2.39. The van der Waals surface area contributed by atoms with Crippen LogP contribution in [0.25, 0.3) is 10.9 Å². The molecule has 8 nitrogen and oxygen atoms in total. The van der Waals surface area contributed by atoms with E-state index in [1.807, 2.05) is 36.5 Å². The van der Waals surface area contributed by atoms with Gasteiger partial charge in [0.05, 0.1) is 12.8 Å². The summed E-state index contributed by atoms with van der Waals surface area (Å²) in [6.07, 6.45) is 6.44. The van der Waals surface area contributed by atoms with E-state index >= 15 is 0 Å². The molecular formula is C33H42N6O2S. The van der Waals surface area contributed by atoms with Crippen molar-refractivity contribution in [3.05, 3.63) is 70.9 Å². The van der Waals surface area contributed by atoms with Crippen LogP contribution in [0.2, 0.25) is 0 Å². The molecule has 0 radical (unpaired) electrons. The van der Waals surface area contributed by atoms with Crippen molar-refractivity contribution in [2.45, 2.75) is 45.3 Å². The molecule has 2 aromatic carbocycles. The van der Waals surface area contributed by atoms with Crippen molar-refractivity contribution in [3.63, 3.8) is 0 Å². The van der Waals surface area contributed by atoms with Crippen LogP contribution in [0.4, 0.5) is 10.8 Å². The summed E-state index contributed by atoms with van der Waals surface area (Å²) in [6, 6.07) is 17.0. The third-order valence-corrected chi connectivity index (χ3v) is 9.59. The molecule has 1 atom stereocenters. The van der Waals surface area contributed by atoms with Gasteiger partial charge in [0, 0.05) is 67.5 Å². The number of aryl methyl sites for hydroxylation is 1. The maximum atomic E-state index is 6.24. The van der Waals surface area contributed by atoms with Gasteiger partial charge in [0.25, 0.3) is 0 Å². The monoisotopic (exact) mass is 586 g/mol. The number of hydrogen-bond donors (Lipinski definition) is 1. The number of rotatable bonds is 11. The van der Waals surface area contributed by atoms with Crippen LogP contribution in [-0.4, -0.2) is 78.7 Å². The second-order valence-corrected chi connectivity index (χ2v) is 12.4. The number of thiazole rings is 1. The van der Waals surface area contributed by atoms with Gasteiger partial charge in [0.2, 0.25) is 0 Å². The van der Waals surface area contributed by atoms with Crippen LogP contribution in [0, 0.1) is 0 Å². The Kier molecular flexibility index (Phi) is 9.07. The van der Waals surface area contributed by atoms with Crippen molar-refractivity contribution in [1.82, 2.24) is 19.8 Å². The van der Waals surface area contributed by atoms with Crippen LogP contribution in [0.5, 0.6) is 11.5 Å². The molecule has 1 aliphatic carbocycles. The van der Waals surface area contributed by atoms with Gasteiger partial charge in [-0.1, -0.05) is 31.2 Å². The fraction of sp³-hybridized carbons (Fsp3) is 0.455. The number of nitrogens with two attached hydrogens (primary N) is 1. The quantitative estimate of drug-likeness (QED) is 0.255. The zero-order valence-corrected chi connectivity index (χ0v) is 25.6. The van der Waals surface area contributed by atoms with E-state index in [2.05, 4.69) is 44.8 Å². The summed E-state index contributed by atoms with van der Waals surface area (Å²) < 4.78 is 11.5. The van der Waals surface area contributed by atoms with Crippen LogP contribution in [0.15, 0.2) is 54.7 Å². The van der Waals surface area contributed by atoms with Crippen molar-refractivity contribution in [2.75, 3.05) is 63.6 Å². The van der Waals surface area contributed by atoms with Gasteiger partial charge in [-0.3, -0.25) is 14.8 Å². The molecule has 2 aliphatic rings. The molecule has 0 bridgehead atoms. The Bertz CT molecular complexity index is 1470. The van der Waals surface area contributed by atoms with Crippen molar-refractivity contribution in [2.24, 2.45) is 0 Å². The largest absolute Gasteiger partial charge is 0.497 e. The average Bonchev–Trinajstić information content (AvgIpc) is 3.41. The van der Waals surface area contributed by atoms with Crippen LogP contribution in [0.1, 0.15) is 35.9 Å². The first-order chi connectivity index (χ1) is 20.6. The Morgan fingerprint density at radius 3 is 2.67 bits per heavy atom. The minimum absolute atomic E-state index is 0.489. The second-order valence-electron chi connectivity index (χ2n) is 11.3. The molecule has 0 spiro atoms. The SMILES string of the molecule is CCCN(CCN1CCN(c2ccnc3c(OCc4ccc(OC)cc4)cccc23)CC1)C1CCc2nc(N)sc2C1. The maximum absolute atomic E-state index is 6.24. The van der Waals surface area contributed by atoms with E-state index in [0.29, 0.717) is 12.6 Å². The number of pyridine rings is 1. The van der Waals surface area contributed by atoms with E-state index < -0.39 is 0 Å². The minimum atomic E-state index is 0.489. The zero-order chi connectivity index (χ0) is 28.9. The number of ether oxygens (including phenoxy) is 2. The van der Waals surface area contributed by atoms with E-state index in [1.54, 1.807) is 18.4 Å². The number of benzene rings is 2. The van der Waals surface area contributed by atoms with E-state index in [1.165, 1.54) is 29.1 Å². The summed E-state index contributed by atoms with van der Waals surface area (Å²) in [5.41, 5.74) is 10.5. The lowest BCUT2D eigenvalue weighted by Crippen LogP contribution is -2.50. The first kappa shape index (κ1) is 28.7. The average molecular weight is 587 g/mol. The molecule has 1 aliphatic heterocycles. The summed E-state index contributed by atoms with van der Waals surface area (Å²) in [4.78, 5) is 18.5. The number of nitrogen functional groups attached to an aromatic ring is 1. The predicted octanol–water partition coefficient (Wildman–Crippen LogP) is 5.25. The van der Waals surface area contributed by atoms with E-state index in [4.69, 9.17) is 20.2 Å². The van der Waals surface area contributed by atoms with Crippen molar-refractivity contribution in [1.29, 1.82) is 0 Å². The van der Waals surface area contributed by atoms with Gasteiger partial charge in [-0.25, -0.2) is 4.98 Å². The number of aromatic nitrogens is 2. The fourth-order valence-corrected chi connectivity index (χ4v) is 7.29. The summed E-state index contributed by atoms with van der Waals surface area (Å²) in [5, 5.41) is 1.87. The number of anilines is 2.